The topological polar surface area (TPSA) is 110 Å². The van der Waals surface area contributed by atoms with E-state index in [4.69, 9.17) is 9.47 Å². The van der Waals surface area contributed by atoms with Gasteiger partial charge >= 0.3 is 41.5 Å². The van der Waals surface area contributed by atoms with E-state index in [0.717, 1.165) is 50.7 Å². The minimum absolute atomic E-state index is 0. The van der Waals surface area contributed by atoms with Gasteiger partial charge in [-0.3, -0.25) is 0 Å². The summed E-state index contributed by atoms with van der Waals surface area (Å²) in [6.45, 7) is 4.89. The second kappa shape index (κ2) is 43.8. The minimum Gasteiger partial charge on any atom is -0.744 e. The van der Waals surface area contributed by atoms with Crippen LogP contribution >= 0.6 is 0 Å². The quantitative estimate of drug-likeness (QED) is 0.0211. The molecule has 1 rings (SSSR count). The summed E-state index contributed by atoms with van der Waals surface area (Å²) < 4.78 is 45.9. The molecule has 0 spiro atoms. The van der Waals surface area contributed by atoms with E-state index >= 15 is 0 Å². The standard InChI is InChI=1S/C52H90O7S.Na/c1-3-5-7-9-11-13-15-17-19-21-23-25-27-29-31-33-35-37-39-41-45-58-51(53)49-44-43-48(60(55,56)57)47-50(49)52(54)59-46-42-40-38-36-34-32-30-28-26-24-22-20-18-16-14-12-10-8-6-4-2;/h19-22,43-44,47H,3-18,23-42,45-46H2,1-2H3,(H,55,56,57);/q;+1/p-1/b21-19+,22-20+;. The van der Waals surface area contributed by atoms with Gasteiger partial charge in [0.2, 0.25) is 0 Å². The van der Waals surface area contributed by atoms with E-state index in [1.807, 2.05) is 0 Å². The maximum atomic E-state index is 13.0. The van der Waals surface area contributed by atoms with Crippen LogP contribution in [0.1, 0.15) is 266 Å². The molecule has 1 aromatic rings. The first-order valence-electron chi connectivity index (χ1n) is 25.0. The second-order valence-corrected chi connectivity index (χ2v) is 18.5. The molecule has 9 heteroatoms. The molecule has 0 saturated carbocycles. The van der Waals surface area contributed by atoms with E-state index in [1.165, 1.54) is 186 Å². The number of carbonyl (C=O) groups is 2. The molecule has 346 valence electrons. The number of unbranched alkanes of at least 4 members (excludes halogenated alkanes) is 32. The van der Waals surface area contributed by atoms with Gasteiger partial charge in [0, 0.05) is 0 Å². The number of benzene rings is 1. The number of rotatable bonds is 43. The Balaban J connectivity index is 0.0000360. The molecule has 0 aliphatic heterocycles. The van der Waals surface area contributed by atoms with Gasteiger partial charge in [0.15, 0.2) is 0 Å². The van der Waals surface area contributed by atoms with Gasteiger partial charge in [-0.05, 0) is 82.4 Å². The maximum absolute atomic E-state index is 13.0. The molecule has 0 fully saturated rings. The molecule has 0 radical (unpaired) electrons. The van der Waals surface area contributed by atoms with Gasteiger partial charge in [0.05, 0.1) is 29.2 Å². The molecular weight excluding hydrogens is 792 g/mol. The van der Waals surface area contributed by atoms with E-state index in [2.05, 4.69) is 38.2 Å². The van der Waals surface area contributed by atoms with Crippen LogP contribution in [0.2, 0.25) is 0 Å². The third-order valence-corrected chi connectivity index (χ3v) is 12.3. The molecular formula is C52H89NaO7S. The molecule has 0 bridgehead atoms. The fraction of sp³-hybridized carbons (Fsp3) is 0.769. The number of ether oxygens (including phenoxy) is 2. The normalized spacial score (nSPS) is 11.7. The summed E-state index contributed by atoms with van der Waals surface area (Å²) in [7, 11) is -4.82. The first kappa shape index (κ1) is 59.5. The third kappa shape index (κ3) is 36.6. The SMILES string of the molecule is CCCCCCCCC/C=C/CCCCCCCCCCCOC(=O)c1ccc(S(=O)(=O)[O-])cc1C(=O)OCCCCCCCCCCC/C=C/CCCCCCCCC.[Na+]. The van der Waals surface area contributed by atoms with Crippen LogP contribution in [0.15, 0.2) is 47.4 Å². The molecule has 0 unspecified atom stereocenters. The number of esters is 2. The predicted octanol–water partition coefficient (Wildman–Crippen LogP) is 13.1. The summed E-state index contributed by atoms with van der Waals surface area (Å²) in [5.41, 5.74) is -0.337. The Morgan fingerprint density at radius 3 is 1.03 bits per heavy atom. The molecule has 0 amide bonds. The molecule has 0 aliphatic carbocycles. The van der Waals surface area contributed by atoms with E-state index < -0.39 is 27.0 Å². The van der Waals surface area contributed by atoms with Crippen molar-refractivity contribution in [1.82, 2.24) is 0 Å². The Morgan fingerprint density at radius 2 is 0.721 bits per heavy atom. The van der Waals surface area contributed by atoms with Gasteiger partial charge in [-0.15, -0.1) is 0 Å². The summed E-state index contributed by atoms with van der Waals surface area (Å²) in [6.07, 6.45) is 53.6. The van der Waals surface area contributed by atoms with Crippen LogP contribution in [0.5, 0.6) is 0 Å². The predicted molar refractivity (Wildman–Crippen MR) is 251 cm³/mol. The number of carbonyl (C=O) groups excluding carboxylic acids is 2. The van der Waals surface area contributed by atoms with Crippen molar-refractivity contribution >= 4 is 22.1 Å². The van der Waals surface area contributed by atoms with Crippen molar-refractivity contribution in [3.8, 4) is 0 Å². The van der Waals surface area contributed by atoms with Crippen molar-refractivity contribution < 1.29 is 61.6 Å². The van der Waals surface area contributed by atoms with Crippen LogP contribution < -0.4 is 29.6 Å². The van der Waals surface area contributed by atoms with E-state index in [-0.39, 0.29) is 53.9 Å². The van der Waals surface area contributed by atoms with Gasteiger partial charge in [0.1, 0.15) is 10.1 Å². The van der Waals surface area contributed by atoms with Crippen molar-refractivity contribution in [2.24, 2.45) is 0 Å². The fourth-order valence-electron chi connectivity index (χ4n) is 7.62. The van der Waals surface area contributed by atoms with Crippen LogP contribution in [0.3, 0.4) is 0 Å². The first-order valence-corrected chi connectivity index (χ1v) is 26.5. The van der Waals surface area contributed by atoms with E-state index in [9.17, 15) is 22.6 Å². The zero-order valence-corrected chi connectivity index (χ0v) is 42.5. The van der Waals surface area contributed by atoms with Crippen LogP contribution in [-0.4, -0.2) is 38.1 Å². The van der Waals surface area contributed by atoms with Crippen LogP contribution in [0.25, 0.3) is 0 Å². The van der Waals surface area contributed by atoms with Crippen LogP contribution in [-0.2, 0) is 19.6 Å². The maximum Gasteiger partial charge on any atom is 1.00 e. The third-order valence-electron chi connectivity index (χ3n) is 11.5. The summed E-state index contributed by atoms with van der Waals surface area (Å²) in [4.78, 5) is 25.3. The summed E-state index contributed by atoms with van der Waals surface area (Å²) in [5, 5.41) is 0. The van der Waals surface area contributed by atoms with Crippen molar-refractivity contribution in [2.75, 3.05) is 13.2 Å². The average Bonchev–Trinajstić information content (AvgIpc) is 3.24. The Morgan fingerprint density at radius 1 is 0.443 bits per heavy atom. The summed E-state index contributed by atoms with van der Waals surface area (Å²) in [5.74, 6) is -1.55. The van der Waals surface area contributed by atoms with E-state index in [0.29, 0.717) is 12.8 Å². The first-order chi connectivity index (χ1) is 29.3. The van der Waals surface area contributed by atoms with E-state index in [1.54, 1.807) is 0 Å². The smallest absolute Gasteiger partial charge is 0.744 e. The molecule has 7 nitrogen and oxygen atoms in total. The molecule has 1 aromatic carbocycles. The number of hydrogen-bond acceptors (Lipinski definition) is 7. The number of hydrogen-bond donors (Lipinski definition) is 0. The number of allylic oxidation sites excluding steroid dienone is 4. The molecule has 0 aromatic heterocycles. The Labute approximate surface area is 397 Å². The van der Waals surface area contributed by atoms with Gasteiger partial charge in [-0.2, -0.15) is 0 Å². The Kier molecular flexibility index (Phi) is 42.7. The molecule has 0 heterocycles. The van der Waals surface area contributed by atoms with Crippen LogP contribution in [0.4, 0.5) is 0 Å². The summed E-state index contributed by atoms with van der Waals surface area (Å²) >= 11 is 0. The second-order valence-electron chi connectivity index (χ2n) is 17.1. The molecule has 61 heavy (non-hydrogen) atoms. The van der Waals surface area contributed by atoms with Crippen molar-refractivity contribution in [3.63, 3.8) is 0 Å². The molecule has 0 saturated heterocycles. The minimum atomic E-state index is -4.82. The summed E-state index contributed by atoms with van der Waals surface area (Å²) in [6, 6.07) is 3.15. The molecule has 0 atom stereocenters. The van der Waals surface area contributed by atoms with Crippen molar-refractivity contribution in [3.05, 3.63) is 53.6 Å². The van der Waals surface area contributed by atoms with Gasteiger partial charge in [0.25, 0.3) is 0 Å². The van der Waals surface area contributed by atoms with Crippen LogP contribution in [0, 0.1) is 0 Å². The monoisotopic (exact) mass is 881 g/mol. The zero-order chi connectivity index (χ0) is 43.6. The van der Waals surface area contributed by atoms with Crippen molar-refractivity contribution in [1.29, 1.82) is 0 Å². The average molecular weight is 881 g/mol. The molecule has 0 aliphatic rings. The fourth-order valence-corrected chi connectivity index (χ4v) is 8.12. The van der Waals surface area contributed by atoms with Gasteiger partial charge in [-0.25, -0.2) is 18.0 Å². The Bertz CT molecular complexity index is 1340. The van der Waals surface area contributed by atoms with Gasteiger partial charge < -0.3 is 14.0 Å². The zero-order valence-electron chi connectivity index (χ0n) is 39.7. The largest absolute Gasteiger partial charge is 1.00 e. The van der Waals surface area contributed by atoms with Gasteiger partial charge in [-0.1, -0.05) is 205 Å². The van der Waals surface area contributed by atoms with Crippen molar-refractivity contribution in [2.45, 2.75) is 250 Å². The Hall–Kier alpha value is -1.45. The molecule has 0 N–H and O–H groups in total.